The summed E-state index contributed by atoms with van der Waals surface area (Å²) in [6, 6.07) is 5.59. The van der Waals surface area contributed by atoms with Crippen LogP contribution in [-0.4, -0.2) is 26.0 Å². The molecule has 0 bridgehead atoms. The molecule has 2 rings (SSSR count). The summed E-state index contributed by atoms with van der Waals surface area (Å²) in [6.45, 7) is 0.243. The van der Waals surface area contributed by atoms with E-state index in [0.717, 1.165) is 28.3 Å². The number of carbonyl (C=O) groups excluding carboxylic acids is 1. The molecule has 90 valence electrons. The van der Waals surface area contributed by atoms with Crippen LogP contribution < -0.4 is 5.32 Å². The molecule has 17 heavy (non-hydrogen) atoms. The Labute approximate surface area is 112 Å². The lowest BCUT2D eigenvalue weighted by molar-refractivity contribution is -0.120. The number of benzene rings is 1. The van der Waals surface area contributed by atoms with Crippen LogP contribution in [0, 0.1) is 0 Å². The maximum absolute atomic E-state index is 11.6. The number of hydrogen-bond donors (Lipinski definition) is 1. The van der Waals surface area contributed by atoms with Crippen LogP contribution >= 0.6 is 34.9 Å². The van der Waals surface area contributed by atoms with Crippen LogP contribution in [0.4, 0.5) is 0 Å². The first-order chi connectivity index (χ1) is 8.16. The zero-order valence-electron chi connectivity index (χ0n) is 8.69. The molecule has 0 fully saturated rings. The fourth-order valence-electron chi connectivity index (χ4n) is 1.43. The molecule has 0 saturated carbocycles. The summed E-state index contributed by atoms with van der Waals surface area (Å²) in [5.74, 6) is -0.128. The van der Waals surface area contributed by atoms with Crippen LogP contribution in [0.25, 0.3) is 11.0 Å². The molecule has 4 nitrogen and oxygen atoms in total. The molecule has 1 aromatic carbocycles. The lowest BCUT2D eigenvalue weighted by Gasteiger charge is -2.05. The van der Waals surface area contributed by atoms with Gasteiger partial charge in [-0.2, -0.15) is 8.75 Å². The van der Waals surface area contributed by atoms with E-state index in [1.165, 1.54) is 0 Å². The highest BCUT2D eigenvalue weighted by Gasteiger charge is 2.10. The molecule has 0 aliphatic rings. The molecule has 7 heteroatoms. The maximum Gasteiger partial charge on any atom is 0.224 e. The van der Waals surface area contributed by atoms with E-state index in [4.69, 9.17) is 23.2 Å². The van der Waals surface area contributed by atoms with E-state index in [1.54, 1.807) is 0 Å². The second-order valence-electron chi connectivity index (χ2n) is 3.42. The Morgan fingerprint density at radius 2 is 2.24 bits per heavy atom. The van der Waals surface area contributed by atoms with Crippen molar-refractivity contribution in [1.82, 2.24) is 14.1 Å². The summed E-state index contributed by atoms with van der Waals surface area (Å²) < 4.78 is 8.28. The van der Waals surface area contributed by atoms with Gasteiger partial charge >= 0.3 is 0 Å². The minimum atomic E-state index is -0.587. The van der Waals surface area contributed by atoms with Gasteiger partial charge in [-0.05, 0) is 11.6 Å². The first-order valence-corrected chi connectivity index (χ1v) is 6.52. The van der Waals surface area contributed by atoms with Crippen molar-refractivity contribution in [3.8, 4) is 0 Å². The number of hydrogen-bond acceptors (Lipinski definition) is 4. The fraction of sp³-hybridized carbons (Fsp3) is 0.300. The Balaban J connectivity index is 2.08. The number of aromatic nitrogens is 2. The summed E-state index contributed by atoms with van der Waals surface area (Å²) in [7, 11) is 0. The van der Waals surface area contributed by atoms with Gasteiger partial charge in [-0.25, -0.2) is 0 Å². The van der Waals surface area contributed by atoms with Crippen molar-refractivity contribution in [3.05, 3.63) is 23.8 Å². The van der Waals surface area contributed by atoms with E-state index in [1.807, 2.05) is 18.2 Å². The summed E-state index contributed by atoms with van der Waals surface area (Å²) in [5.41, 5.74) is 2.45. The van der Waals surface area contributed by atoms with Gasteiger partial charge in [0.1, 0.15) is 15.9 Å². The SMILES string of the molecule is O=C(Cc1cccc2nsnc12)NCC(Cl)Cl. The van der Waals surface area contributed by atoms with Crippen LogP contribution in [-0.2, 0) is 11.2 Å². The minimum Gasteiger partial charge on any atom is -0.353 e. The van der Waals surface area contributed by atoms with Gasteiger partial charge < -0.3 is 5.32 Å². The first kappa shape index (κ1) is 12.5. The average Bonchev–Trinajstić information content (AvgIpc) is 2.75. The van der Waals surface area contributed by atoms with Gasteiger partial charge in [-0.1, -0.05) is 12.1 Å². The highest BCUT2D eigenvalue weighted by molar-refractivity contribution is 7.00. The van der Waals surface area contributed by atoms with Crippen molar-refractivity contribution < 1.29 is 4.79 Å². The highest BCUT2D eigenvalue weighted by Crippen LogP contribution is 2.16. The van der Waals surface area contributed by atoms with Crippen LogP contribution in [0.1, 0.15) is 5.56 Å². The fourth-order valence-corrected chi connectivity index (χ4v) is 2.15. The smallest absolute Gasteiger partial charge is 0.224 e. The van der Waals surface area contributed by atoms with E-state index in [9.17, 15) is 4.79 Å². The normalized spacial score (nSPS) is 11.0. The number of rotatable bonds is 4. The molecule has 1 heterocycles. The third-order valence-corrected chi connectivity index (χ3v) is 3.03. The van der Waals surface area contributed by atoms with Crippen molar-refractivity contribution in [2.75, 3.05) is 6.54 Å². The average molecular weight is 290 g/mol. The highest BCUT2D eigenvalue weighted by atomic mass is 35.5. The second kappa shape index (κ2) is 5.62. The summed E-state index contributed by atoms with van der Waals surface area (Å²) in [5, 5.41) is 2.64. The standard InChI is InChI=1S/C10H9Cl2N3OS/c11-8(12)5-13-9(16)4-6-2-1-3-7-10(6)15-17-14-7/h1-3,8H,4-5H2,(H,13,16). The molecule has 0 spiro atoms. The van der Waals surface area contributed by atoms with Crippen molar-refractivity contribution in [1.29, 1.82) is 0 Å². The van der Waals surface area contributed by atoms with Crippen LogP contribution in [0.5, 0.6) is 0 Å². The summed E-state index contributed by atoms with van der Waals surface area (Å²) in [4.78, 5) is 11.0. The van der Waals surface area contributed by atoms with Gasteiger partial charge in [0.2, 0.25) is 5.91 Å². The predicted octanol–water partition coefficient (Wildman–Crippen LogP) is 2.15. The minimum absolute atomic E-state index is 0.128. The monoisotopic (exact) mass is 289 g/mol. The van der Waals surface area contributed by atoms with Gasteiger partial charge in [0.15, 0.2) is 0 Å². The zero-order valence-corrected chi connectivity index (χ0v) is 11.0. The van der Waals surface area contributed by atoms with Gasteiger partial charge in [0, 0.05) is 6.54 Å². The number of halogens is 2. The third kappa shape index (κ3) is 3.28. The second-order valence-corrected chi connectivity index (χ2v) is 5.23. The third-order valence-electron chi connectivity index (χ3n) is 2.17. The molecular weight excluding hydrogens is 281 g/mol. The Hall–Kier alpha value is -0.910. The van der Waals surface area contributed by atoms with Crippen molar-refractivity contribution in [2.45, 2.75) is 11.3 Å². The Morgan fingerprint density at radius 3 is 3.00 bits per heavy atom. The number of amides is 1. The maximum atomic E-state index is 11.6. The lowest BCUT2D eigenvalue weighted by Crippen LogP contribution is -2.29. The van der Waals surface area contributed by atoms with E-state index >= 15 is 0 Å². The predicted molar refractivity (Wildman–Crippen MR) is 69.6 cm³/mol. The number of alkyl halides is 2. The zero-order chi connectivity index (χ0) is 12.3. The topological polar surface area (TPSA) is 54.9 Å². The summed E-state index contributed by atoms with van der Waals surface area (Å²) >= 11 is 12.2. The van der Waals surface area contributed by atoms with E-state index < -0.39 is 4.84 Å². The number of fused-ring (bicyclic) bond motifs is 1. The Morgan fingerprint density at radius 1 is 1.41 bits per heavy atom. The molecule has 0 aliphatic heterocycles. The molecule has 0 radical (unpaired) electrons. The molecular formula is C10H9Cl2N3OS. The van der Waals surface area contributed by atoms with Gasteiger partial charge in [-0.15, -0.1) is 23.2 Å². The largest absolute Gasteiger partial charge is 0.353 e. The van der Waals surface area contributed by atoms with E-state index in [0.29, 0.717) is 0 Å². The van der Waals surface area contributed by atoms with Crippen molar-refractivity contribution in [3.63, 3.8) is 0 Å². The molecule has 1 aromatic heterocycles. The molecule has 0 aliphatic carbocycles. The van der Waals surface area contributed by atoms with Gasteiger partial charge in [-0.3, -0.25) is 4.79 Å². The van der Waals surface area contributed by atoms with E-state index in [2.05, 4.69) is 14.1 Å². The Kier molecular flexibility index (Phi) is 4.15. The van der Waals surface area contributed by atoms with Gasteiger partial charge in [0.25, 0.3) is 0 Å². The van der Waals surface area contributed by atoms with Crippen molar-refractivity contribution >= 4 is 51.9 Å². The van der Waals surface area contributed by atoms with Crippen LogP contribution in [0.15, 0.2) is 18.2 Å². The number of nitrogens with zero attached hydrogens (tertiary/aromatic N) is 2. The molecule has 1 amide bonds. The molecule has 2 aromatic rings. The Bertz CT molecular complexity index is 529. The number of nitrogens with one attached hydrogen (secondary N) is 1. The van der Waals surface area contributed by atoms with E-state index in [-0.39, 0.29) is 18.9 Å². The molecule has 0 unspecified atom stereocenters. The van der Waals surface area contributed by atoms with Crippen LogP contribution in [0.3, 0.4) is 0 Å². The molecule has 0 atom stereocenters. The molecule has 0 saturated heterocycles. The quantitative estimate of drug-likeness (QED) is 0.878. The van der Waals surface area contributed by atoms with Gasteiger partial charge in [0.05, 0.1) is 18.1 Å². The van der Waals surface area contributed by atoms with Crippen molar-refractivity contribution in [2.24, 2.45) is 0 Å². The summed E-state index contributed by atoms with van der Waals surface area (Å²) in [6.07, 6.45) is 0.253. The first-order valence-electron chi connectivity index (χ1n) is 4.92. The number of carbonyl (C=O) groups is 1. The lowest BCUT2D eigenvalue weighted by atomic mass is 10.1. The molecule has 1 N–H and O–H groups in total. The van der Waals surface area contributed by atoms with Crippen LogP contribution in [0.2, 0.25) is 0 Å².